The Morgan fingerprint density at radius 1 is 1.44 bits per heavy atom. The summed E-state index contributed by atoms with van der Waals surface area (Å²) in [5.74, 6) is 10.0. The molecule has 0 bridgehead atoms. The largest absolute Gasteiger partial charge is 0.432 e. The topological polar surface area (TPSA) is 85.7 Å². The highest BCUT2D eigenvalue weighted by Gasteiger charge is 2.60. The number of nitrogens with zero attached hydrogens (tertiary/aromatic N) is 1. The number of hydrazone groups is 1. The molecule has 0 spiro atoms. The van der Waals surface area contributed by atoms with Crippen molar-refractivity contribution in [3.05, 3.63) is 0 Å². The van der Waals surface area contributed by atoms with Gasteiger partial charge in [-0.15, -0.1) is 0 Å². The Hall–Kier alpha value is -0.860. The monoisotopic (exact) mass is 240 g/mol. The summed E-state index contributed by atoms with van der Waals surface area (Å²) in [7, 11) is 0. The Balaban J connectivity index is 3.04. The maximum absolute atomic E-state index is 12.8. The molecule has 94 valence electrons. The molecular weight excluding hydrogens is 225 g/mol. The molecule has 1 unspecified atom stereocenters. The summed E-state index contributed by atoms with van der Waals surface area (Å²) in [5.41, 5.74) is -1.33. The molecule has 1 aliphatic rings. The highest BCUT2D eigenvalue weighted by Crippen LogP contribution is 2.41. The molecule has 1 rings (SSSR count). The zero-order chi connectivity index (χ0) is 12.6. The van der Waals surface area contributed by atoms with Crippen LogP contribution in [0.4, 0.5) is 13.2 Å². The van der Waals surface area contributed by atoms with Gasteiger partial charge >= 0.3 is 6.18 Å². The van der Waals surface area contributed by atoms with Crippen molar-refractivity contribution in [3.63, 3.8) is 0 Å². The van der Waals surface area contributed by atoms with Crippen molar-refractivity contribution in [1.82, 2.24) is 5.43 Å². The lowest BCUT2D eigenvalue weighted by Gasteiger charge is -2.44. The maximum atomic E-state index is 12.8. The summed E-state index contributed by atoms with van der Waals surface area (Å²) in [6, 6.07) is 0. The minimum atomic E-state index is -4.63. The van der Waals surface area contributed by atoms with Crippen molar-refractivity contribution in [2.24, 2.45) is 22.2 Å². The molecule has 0 aromatic rings. The molecule has 1 fully saturated rings. The van der Waals surface area contributed by atoms with Gasteiger partial charge in [0.1, 0.15) is 0 Å². The van der Waals surface area contributed by atoms with Crippen LogP contribution in [0, 0.1) is 5.41 Å². The van der Waals surface area contributed by atoms with E-state index in [9.17, 15) is 13.2 Å². The molecular formula is C8H15F3N4O. The van der Waals surface area contributed by atoms with E-state index in [2.05, 4.69) is 5.10 Å². The predicted octanol–water partition coefficient (Wildman–Crippen LogP) is 0.470. The average Bonchev–Trinajstić information content (AvgIpc) is 2.16. The SMILES string of the molecule is CC1(C)COC(NN)(C(F)(F)F)CC1=NN. The van der Waals surface area contributed by atoms with Gasteiger partial charge in [0.15, 0.2) is 0 Å². The number of hydrazine groups is 1. The van der Waals surface area contributed by atoms with E-state index in [1.54, 1.807) is 19.3 Å². The third-order valence-electron chi connectivity index (χ3n) is 2.72. The Kier molecular flexibility index (Phi) is 3.19. The van der Waals surface area contributed by atoms with Crippen molar-refractivity contribution in [2.45, 2.75) is 32.2 Å². The van der Waals surface area contributed by atoms with Crippen LogP contribution in [0.2, 0.25) is 0 Å². The van der Waals surface area contributed by atoms with Crippen LogP contribution in [0.3, 0.4) is 0 Å². The number of rotatable bonds is 1. The third kappa shape index (κ3) is 2.00. The van der Waals surface area contributed by atoms with Crippen molar-refractivity contribution in [3.8, 4) is 0 Å². The molecule has 1 atom stereocenters. The maximum Gasteiger partial charge on any atom is 0.432 e. The first-order valence-electron chi connectivity index (χ1n) is 4.64. The fourth-order valence-corrected chi connectivity index (χ4v) is 1.49. The zero-order valence-corrected chi connectivity index (χ0v) is 9.06. The fourth-order valence-electron chi connectivity index (χ4n) is 1.49. The number of alkyl halides is 3. The Morgan fingerprint density at radius 2 is 2.00 bits per heavy atom. The lowest BCUT2D eigenvalue weighted by atomic mass is 9.81. The highest BCUT2D eigenvalue weighted by atomic mass is 19.4. The standard InChI is InChI=1S/C8H15F3N4O/c1-6(2)4-16-7(15-13,8(9,10)11)3-5(6)14-12/h15H,3-4,12-13H2,1-2H3. The summed E-state index contributed by atoms with van der Waals surface area (Å²) < 4.78 is 43.2. The lowest BCUT2D eigenvalue weighted by Crippen LogP contribution is -2.66. The molecule has 0 radical (unpaired) electrons. The number of hydrogen-bond acceptors (Lipinski definition) is 5. The number of nitrogens with two attached hydrogens (primary N) is 2. The summed E-state index contributed by atoms with van der Waals surface area (Å²) in [5, 5.41) is 3.40. The van der Waals surface area contributed by atoms with E-state index < -0.39 is 23.7 Å². The number of ether oxygens (including phenoxy) is 1. The fraction of sp³-hybridized carbons (Fsp3) is 0.875. The molecule has 1 aliphatic heterocycles. The van der Waals surface area contributed by atoms with E-state index in [1.165, 1.54) is 0 Å². The first-order chi connectivity index (χ1) is 7.18. The number of hydrogen-bond donors (Lipinski definition) is 3. The van der Waals surface area contributed by atoms with Gasteiger partial charge < -0.3 is 10.6 Å². The van der Waals surface area contributed by atoms with Gasteiger partial charge in [0.05, 0.1) is 12.3 Å². The van der Waals surface area contributed by atoms with Gasteiger partial charge in [0, 0.05) is 11.8 Å². The highest BCUT2D eigenvalue weighted by molar-refractivity contribution is 5.91. The number of halogens is 3. The van der Waals surface area contributed by atoms with E-state index >= 15 is 0 Å². The smallest absolute Gasteiger partial charge is 0.350 e. The molecule has 0 aliphatic carbocycles. The molecule has 1 saturated heterocycles. The van der Waals surface area contributed by atoms with E-state index in [0.29, 0.717) is 0 Å². The first kappa shape index (κ1) is 13.2. The molecule has 16 heavy (non-hydrogen) atoms. The molecule has 5 nitrogen and oxygen atoms in total. The van der Waals surface area contributed by atoms with Crippen molar-refractivity contribution >= 4 is 5.71 Å². The van der Waals surface area contributed by atoms with Crippen LogP contribution in [0.5, 0.6) is 0 Å². The van der Waals surface area contributed by atoms with Crippen LogP contribution in [-0.4, -0.2) is 24.2 Å². The minimum absolute atomic E-state index is 0.160. The second-order valence-electron chi connectivity index (χ2n) is 4.39. The van der Waals surface area contributed by atoms with Crippen LogP contribution in [0.15, 0.2) is 5.10 Å². The summed E-state index contributed by atoms with van der Waals surface area (Å²) in [6.07, 6.45) is -5.15. The quantitative estimate of drug-likeness (QED) is 0.459. The first-order valence-corrected chi connectivity index (χ1v) is 4.64. The molecule has 0 aromatic carbocycles. The second-order valence-corrected chi connectivity index (χ2v) is 4.39. The van der Waals surface area contributed by atoms with Gasteiger partial charge in [-0.3, -0.25) is 5.84 Å². The molecule has 0 aromatic heterocycles. The van der Waals surface area contributed by atoms with E-state index in [1.807, 2.05) is 0 Å². The summed E-state index contributed by atoms with van der Waals surface area (Å²) in [4.78, 5) is 0. The Morgan fingerprint density at radius 3 is 2.38 bits per heavy atom. The van der Waals surface area contributed by atoms with Crippen LogP contribution >= 0.6 is 0 Å². The average molecular weight is 240 g/mol. The summed E-state index contributed by atoms with van der Waals surface area (Å²) in [6.45, 7) is 3.25. The van der Waals surface area contributed by atoms with Crippen molar-refractivity contribution in [2.75, 3.05) is 6.61 Å². The van der Waals surface area contributed by atoms with E-state index in [-0.39, 0.29) is 12.3 Å². The molecule has 5 N–H and O–H groups in total. The molecule has 1 heterocycles. The lowest BCUT2D eigenvalue weighted by molar-refractivity contribution is -0.298. The summed E-state index contributed by atoms with van der Waals surface area (Å²) >= 11 is 0. The van der Waals surface area contributed by atoms with Crippen LogP contribution in [-0.2, 0) is 4.74 Å². The molecule has 0 saturated carbocycles. The van der Waals surface area contributed by atoms with Crippen LogP contribution in [0.1, 0.15) is 20.3 Å². The van der Waals surface area contributed by atoms with Gasteiger partial charge in [-0.1, -0.05) is 13.8 Å². The second kappa shape index (κ2) is 3.86. The predicted molar refractivity (Wildman–Crippen MR) is 52.1 cm³/mol. The van der Waals surface area contributed by atoms with Gasteiger partial charge in [-0.2, -0.15) is 18.3 Å². The van der Waals surface area contributed by atoms with Crippen molar-refractivity contribution in [1.29, 1.82) is 0 Å². The van der Waals surface area contributed by atoms with Gasteiger partial charge in [-0.05, 0) is 0 Å². The van der Waals surface area contributed by atoms with Crippen LogP contribution in [0.25, 0.3) is 0 Å². The van der Waals surface area contributed by atoms with E-state index in [4.69, 9.17) is 16.4 Å². The van der Waals surface area contributed by atoms with E-state index in [0.717, 1.165) is 0 Å². The third-order valence-corrected chi connectivity index (χ3v) is 2.72. The Labute approximate surface area is 91.0 Å². The Bertz CT molecular complexity index is 302. The van der Waals surface area contributed by atoms with Gasteiger partial charge in [0.25, 0.3) is 0 Å². The van der Waals surface area contributed by atoms with Crippen LogP contribution < -0.4 is 17.1 Å². The van der Waals surface area contributed by atoms with Gasteiger partial charge in [0.2, 0.25) is 5.72 Å². The van der Waals surface area contributed by atoms with Crippen molar-refractivity contribution < 1.29 is 17.9 Å². The van der Waals surface area contributed by atoms with Gasteiger partial charge in [-0.25, -0.2) is 5.43 Å². The normalized spacial score (nSPS) is 33.0. The zero-order valence-electron chi connectivity index (χ0n) is 9.06. The minimum Gasteiger partial charge on any atom is -0.350 e. The molecule has 0 amide bonds. The number of nitrogens with one attached hydrogen (secondary N) is 1. The molecule has 8 heteroatoms.